The quantitative estimate of drug-likeness (QED) is 0.597. The summed E-state index contributed by atoms with van der Waals surface area (Å²) in [7, 11) is 1.90. The summed E-state index contributed by atoms with van der Waals surface area (Å²) in [6, 6.07) is 5.87. The Kier molecular flexibility index (Phi) is 11.2. The van der Waals surface area contributed by atoms with Gasteiger partial charge in [-0.2, -0.15) is 0 Å². The number of carbonyl (C=O) groups excluding carboxylic acids is 1. The predicted octanol–water partition coefficient (Wildman–Crippen LogP) is 4.29. The van der Waals surface area contributed by atoms with E-state index in [0.29, 0.717) is 30.6 Å². The fourth-order valence-corrected chi connectivity index (χ4v) is 3.09. The van der Waals surface area contributed by atoms with E-state index in [9.17, 15) is 4.79 Å². The van der Waals surface area contributed by atoms with Gasteiger partial charge in [-0.05, 0) is 57.0 Å². The smallest absolute Gasteiger partial charge is 0.253 e. The minimum atomic E-state index is 0. The zero-order chi connectivity index (χ0) is 18.8. The third kappa shape index (κ3) is 7.23. The minimum Gasteiger partial charge on any atom is -0.490 e. The largest absolute Gasteiger partial charge is 0.490 e. The zero-order valence-electron chi connectivity index (χ0n) is 17.0. The molecule has 1 aliphatic heterocycles. The Morgan fingerprint density at radius 2 is 1.67 bits per heavy atom. The number of hydrogen-bond acceptors (Lipinski definition) is 4. The van der Waals surface area contributed by atoms with E-state index in [1.807, 2.05) is 30.1 Å². The Balaban J connectivity index is 0.00000364. The standard InChI is InChI=1S/C21H34N2O3.ClH/c1-4-6-14-25-19-9-8-17(16-20(19)26-15-7-5-2)21(24)23(3)18-10-12-22-13-11-18;/h8-9,16,18,22H,4-7,10-15H2,1-3H3;1H. The molecule has 1 aromatic carbocycles. The van der Waals surface area contributed by atoms with Crippen molar-refractivity contribution in [3.8, 4) is 11.5 Å². The van der Waals surface area contributed by atoms with E-state index >= 15 is 0 Å². The molecule has 154 valence electrons. The van der Waals surface area contributed by atoms with Gasteiger partial charge in [-0.1, -0.05) is 26.7 Å². The highest BCUT2D eigenvalue weighted by Crippen LogP contribution is 2.30. The molecule has 0 aliphatic carbocycles. The molecule has 0 spiro atoms. The number of amides is 1. The third-order valence-electron chi connectivity index (χ3n) is 4.88. The SMILES string of the molecule is CCCCOc1ccc(C(=O)N(C)C2CCNCC2)cc1OCCCC.Cl. The van der Waals surface area contributed by atoms with Gasteiger partial charge in [0.05, 0.1) is 13.2 Å². The number of benzene rings is 1. The van der Waals surface area contributed by atoms with Crippen molar-refractivity contribution in [1.82, 2.24) is 10.2 Å². The number of ether oxygens (including phenoxy) is 2. The topological polar surface area (TPSA) is 50.8 Å². The number of unbranched alkanes of at least 4 members (excludes halogenated alkanes) is 2. The average molecular weight is 399 g/mol. The molecule has 5 nitrogen and oxygen atoms in total. The fourth-order valence-electron chi connectivity index (χ4n) is 3.09. The summed E-state index contributed by atoms with van der Waals surface area (Å²) in [6.45, 7) is 7.53. The van der Waals surface area contributed by atoms with Crippen LogP contribution in [0.2, 0.25) is 0 Å². The maximum Gasteiger partial charge on any atom is 0.253 e. The van der Waals surface area contributed by atoms with Crippen molar-refractivity contribution in [2.24, 2.45) is 0 Å². The number of rotatable bonds is 10. The highest BCUT2D eigenvalue weighted by atomic mass is 35.5. The molecule has 1 N–H and O–H groups in total. The molecule has 0 aromatic heterocycles. The van der Waals surface area contributed by atoms with Crippen LogP contribution < -0.4 is 14.8 Å². The lowest BCUT2D eigenvalue weighted by Crippen LogP contribution is -2.43. The number of hydrogen-bond donors (Lipinski definition) is 1. The Morgan fingerprint density at radius 3 is 2.26 bits per heavy atom. The Morgan fingerprint density at radius 1 is 1.07 bits per heavy atom. The molecule has 27 heavy (non-hydrogen) atoms. The van der Waals surface area contributed by atoms with Gasteiger partial charge in [0, 0.05) is 18.7 Å². The second-order valence-electron chi connectivity index (χ2n) is 6.96. The Labute approximate surface area is 170 Å². The highest BCUT2D eigenvalue weighted by molar-refractivity contribution is 5.95. The summed E-state index contributed by atoms with van der Waals surface area (Å²) < 4.78 is 11.8. The highest BCUT2D eigenvalue weighted by Gasteiger charge is 2.23. The van der Waals surface area contributed by atoms with Crippen molar-refractivity contribution in [2.75, 3.05) is 33.4 Å². The van der Waals surface area contributed by atoms with Gasteiger partial charge < -0.3 is 19.7 Å². The van der Waals surface area contributed by atoms with Crippen LogP contribution in [0.4, 0.5) is 0 Å². The molecule has 1 saturated heterocycles. The predicted molar refractivity (Wildman–Crippen MR) is 112 cm³/mol. The number of nitrogens with zero attached hydrogens (tertiary/aromatic N) is 1. The van der Waals surface area contributed by atoms with Crippen molar-refractivity contribution in [2.45, 2.75) is 58.4 Å². The fraction of sp³-hybridized carbons (Fsp3) is 0.667. The molecular weight excluding hydrogens is 364 g/mol. The molecular formula is C21H35ClN2O3. The molecule has 1 aliphatic rings. The van der Waals surface area contributed by atoms with Gasteiger partial charge in [-0.25, -0.2) is 0 Å². The first kappa shape index (κ1) is 23.6. The van der Waals surface area contributed by atoms with E-state index < -0.39 is 0 Å². The molecule has 0 saturated carbocycles. The Hall–Kier alpha value is -1.46. The summed E-state index contributed by atoms with van der Waals surface area (Å²) in [5.74, 6) is 1.46. The van der Waals surface area contributed by atoms with Crippen LogP contribution in [-0.4, -0.2) is 50.2 Å². The third-order valence-corrected chi connectivity index (χ3v) is 4.88. The number of piperidine rings is 1. The van der Waals surface area contributed by atoms with Gasteiger partial charge in [0.1, 0.15) is 0 Å². The van der Waals surface area contributed by atoms with Crippen molar-refractivity contribution in [3.05, 3.63) is 23.8 Å². The normalized spacial score (nSPS) is 14.3. The minimum absolute atomic E-state index is 0. The molecule has 2 rings (SSSR count). The van der Waals surface area contributed by atoms with Crippen molar-refractivity contribution in [1.29, 1.82) is 0 Å². The number of carbonyl (C=O) groups is 1. The second-order valence-corrected chi connectivity index (χ2v) is 6.96. The summed E-state index contributed by atoms with van der Waals surface area (Å²) in [4.78, 5) is 14.8. The molecule has 0 unspecified atom stereocenters. The average Bonchev–Trinajstić information content (AvgIpc) is 2.69. The molecule has 1 amide bonds. The molecule has 0 bridgehead atoms. The lowest BCUT2D eigenvalue weighted by Gasteiger charge is -2.31. The van der Waals surface area contributed by atoms with Crippen molar-refractivity contribution < 1.29 is 14.3 Å². The van der Waals surface area contributed by atoms with Crippen LogP contribution >= 0.6 is 12.4 Å². The molecule has 0 radical (unpaired) electrons. The molecule has 0 atom stereocenters. The summed E-state index contributed by atoms with van der Waals surface area (Å²) >= 11 is 0. The van der Waals surface area contributed by atoms with E-state index in [-0.39, 0.29) is 18.3 Å². The second kappa shape index (κ2) is 12.8. The maximum absolute atomic E-state index is 12.9. The molecule has 6 heteroatoms. The van der Waals surface area contributed by atoms with E-state index in [0.717, 1.165) is 57.4 Å². The van der Waals surface area contributed by atoms with E-state index in [2.05, 4.69) is 19.2 Å². The monoisotopic (exact) mass is 398 g/mol. The van der Waals surface area contributed by atoms with Crippen molar-refractivity contribution in [3.63, 3.8) is 0 Å². The molecule has 1 aromatic rings. The summed E-state index contributed by atoms with van der Waals surface area (Å²) in [5, 5.41) is 3.34. The number of nitrogens with one attached hydrogen (secondary N) is 1. The van der Waals surface area contributed by atoms with Crippen LogP contribution in [0.25, 0.3) is 0 Å². The molecule has 1 fully saturated rings. The van der Waals surface area contributed by atoms with Crippen LogP contribution in [-0.2, 0) is 0 Å². The summed E-state index contributed by atoms with van der Waals surface area (Å²) in [5.41, 5.74) is 0.667. The lowest BCUT2D eigenvalue weighted by atomic mass is 10.0. The first-order chi connectivity index (χ1) is 12.7. The van der Waals surface area contributed by atoms with Gasteiger partial charge in [-0.15, -0.1) is 12.4 Å². The van der Waals surface area contributed by atoms with Gasteiger partial charge in [0.15, 0.2) is 11.5 Å². The first-order valence-electron chi connectivity index (χ1n) is 10.0. The zero-order valence-corrected chi connectivity index (χ0v) is 17.8. The maximum atomic E-state index is 12.9. The van der Waals surface area contributed by atoms with Crippen LogP contribution in [0.1, 0.15) is 62.7 Å². The van der Waals surface area contributed by atoms with Crippen LogP contribution in [0.3, 0.4) is 0 Å². The van der Waals surface area contributed by atoms with E-state index in [1.165, 1.54) is 0 Å². The van der Waals surface area contributed by atoms with Crippen LogP contribution in [0.5, 0.6) is 11.5 Å². The van der Waals surface area contributed by atoms with Gasteiger partial charge in [-0.3, -0.25) is 4.79 Å². The van der Waals surface area contributed by atoms with Gasteiger partial charge in [0.25, 0.3) is 5.91 Å². The summed E-state index contributed by atoms with van der Waals surface area (Å²) in [6.07, 6.45) is 6.16. The van der Waals surface area contributed by atoms with Gasteiger partial charge >= 0.3 is 0 Å². The first-order valence-corrected chi connectivity index (χ1v) is 10.0. The Bertz CT molecular complexity index is 562. The molecule has 1 heterocycles. The van der Waals surface area contributed by atoms with Crippen LogP contribution in [0, 0.1) is 0 Å². The van der Waals surface area contributed by atoms with E-state index in [1.54, 1.807) is 0 Å². The van der Waals surface area contributed by atoms with Crippen LogP contribution in [0.15, 0.2) is 18.2 Å². The lowest BCUT2D eigenvalue weighted by molar-refractivity contribution is 0.0702. The van der Waals surface area contributed by atoms with Crippen molar-refractivity contribution >= 4 is 18.3 Å². The van der Waals surface area contributed by atoms with E-state index in [4.69, 9.17) is 9.47 Å². The number of halogens is 1. The van der Waals surface area contributed by atoms with Gasteiger partial charge in [0.2, 0.25) is 0 Å².